The highest BCUT2D eigenvalue weighted by atomic mass is 16.8. The SMILES string of the molecule is CC/C=C\C/C=C\C/C=C\C/C=C\C/C=C\CCCCCCCCCCCC(=O)NC(COC1OC(CO)C(OC2OC(CO)C(OC3OC(CO)C(O)C(O)C3O)C(O)C2O)C(O)C1O)C(O)/C=C/CC/C=C/CC/C=C/CCCCCCCCCCCCCCC. The Morgan fingerprint density at radius 3 is 1.20 bits per heavy atom. The lowest BCUT2D eigenvalue weighted by Crippen LogP contribution is -2.66. The zero-order valence-electron chi connectivity index (χ0n) is 56.7. The standard InChI is InChI=1S/C74H127NO18/c1-3-5-7-9-11-13-15-17-19-21-23-25-27-28-30-32-34-36-38-40-42-44-46-48-50-52-62(80)75-57(58(79)51-49-47-45-43-41-39-37-35-33-31-29-26-24-22-20-18-16-14-12-10-8-6-4-2)56-88-72-68(86)65(83)70(60(54-77)90-72)93-74-69(87)66(84)71(61(55-78)91-74)92-73-67(85)64(82)63(81)59(53-76)89-73/h5,7,11,13,17,19,23,25,28,30,33,35,41,43,49,51,57-61,63-74,76-79,81-87H,3-4,6,8-10,12,14-16,18,20-22,24,26-27,29,31-32,34,36-40,42,44-48,50,52-56H2,1-2H3,(H,75,80)/b7-5-,13-11-,19-17-,25-23-,30-28-,35-33+,43-41+,51-49+. The van der Waals surface area contributed by atoms with Crippen LogP contribution in [0, 0.1) is 0 Å². The number of carbonyl (C=O) groups is 1. The molecule has 0 aromatic rings. The topological polar surface area (TPSA) is 307 Å². The molecule has 3 saturated heterocycles. The summed E-state index contributed by atoms with van der Waals surface area (Å²) < 4.78 is 34.3. The number of hydrogen-bond acceptors (Lipinski definition) is 18. The lowest BCUT2D eigenvalue weighted by atomic mass is 9.96. The third kappa shape index (κ3) is 36.2. The van der Waals surface area contributed by atoms with Crippen molar-refractivity contribution in [2.45, 2.75) is 336 Å². The molecule has 19 nitrogen and oxygen atoms in total. The smallest absolute Gasteiger partial charge is 0.220 e. The summed E-state index contributed by atoms with van der Waals surface area (Å²) in [5.74, 6) is -0.299. The summed E-state index contributed by atoms with van der Waals surface area (Å²) in [6.45, 7) is 1.59. The number of amides is 1. The first-order valence-electron chi connectivity index (χ1n) is 36.0. The van der Waals surface area contributed by atoms with Gasteiger partial charge in [-0.05, 0) is 89.9 Å². The molecule has 1 amide bonds. The Morgan fingerprint density at radius 1 is 0.398 bits per heavy atom. The van der Waals surface area contributed by atoms with Gasteiger partial charge in [-0.1, -0.05) is 233 Å². The average Bonchev–Trinajstić information content (AvgIpc) is 0.819. The van der Waals surface area contributed by atoms with E-state index in [4.69, 9.17) is 28.4 Å². The van der Waals surface area contributed by atoms with Gasteiger partial charge >= 0.3 is 0 Å². The molecule has 536 valence electrons. The van der Waals surface area contributed by atoms with Crippen LogP contribution in [0.3, 0.4) is 0 Å². The normalized spacial score (nSPS) is 28.1. The van der Waals surface area contributed by atoms with E-state index in [1.807, 2.05) is 6.08 Å². The van der Waals surface area contributed by atoms with Gasteiger partial charge in [-0.2, -0.15) is 0 Å². The molecule has 0 aromatic heterocycles. The number of carbonyl (C=O) groups excluding carboxylic acids is 1. The molecule has 0 spiro atoms. The third-order valence-corrected chi connectivity index (χ3v) is 17.3. The van der Waals surface area contributed by atoms with Gasteiger partial charge in [0.05, 0.1) is 38.6 Å². The first-order chi connectivity index (χ1) is 45.3. The van der Waals surface area contributed by atoms with Crippen molar-refractivity contribution in [2.75, 3.05) is 26.4 Å². The van der Waals surface area contributed by atoms with Crippen LogP contribution in [0.1, 0.15) is 232 Å². The molecule has 19 heteroatoms. The van der Waals surface area contributed by atoms with Crippen molar-refractivity contribution in [3.05, 3.63) is 97.2 Å². The van der Waals surface area contributed by atoms with E-state index in [1.54, 1.807) is 6.08 Å². The summed E-state index contributed by atoms with van der Waals surface area (Å²) >= 11 is 0. The second-order valence-corrected chi connectivity index (χ2v) is 25.3. The molecule has 3 aliphatic rings. The van der Waals surface area contributed by atoms with Crippen LogP contribution >= 0.6 is 0 Å². The van der Waals surface area contributed by atoms with Crippen LogP contribution in [-0.2, 0) is 33.2 Å². The largest absolute Gasteiger partial charge is 0.394 e. The van der Waals surface area contributed by atoms with Crippen LogP contribution in [0.15, 0.2) is 97.2 Å². The van der Waals surface area contributed by atoms with Crippen molar-refractivity contribution in [3.8, 4) is 0 Å². The van der Waals surface area contributed by atoms with Crippen LogP contribution in [0.2, 0.25) is 0 Å². The Hall–Kier alpha value is -3.29. The Balaban J connectivity index is 1.45. The van der Waals surface area contributed by atoms with Gasteiger partial charge in [0.1, 0.15) is 73.2 Å². The van der Waals surface area contributed by atoms with Crippen LogP contribution in [0.4, 0.5) is 0 Å². The quantitative estimate of drug-likeness (QED) is 0.0199. The third-order valence-electron chi connectivity index (χ3n) is 17.3. The molecule has 12 N–H and O–H groups in total. The number of unbranched alkanes of at least 4 members (excludes halogenated alkanes) is 24. The fourth-order valence-corrected chi connectivity index (χ4v) is 11.5. The van der Waals surface area contributed by atoms with E-state index in [2.05, 4.69) is 104 Å². The first kappa shape index (κ1) is 83.9. The van der Waals surface area contributed by atoms with E-state index in [0.717, 1.165) is 89.9 Å². The molecule has 17 unspecified atom stereocenters. The number of nitrogens with one attached hydrogen (secondary N) is 1. The maximum atomic E-state index is 13.4. The summed E-state index contributed by atoms with van der Waals surface area (Å²) in [6, 6.07) is -1.01. The number of allylic oxidation sites excluding steroid dienone is 15. The maximum absolute atomic E-state index is 13.4. The second kappa shape index (κ2) is 54.7. The van der Waals surface area contributed by atoms with Crippen molar-refractivity contribution in [1.29, 1.82) is 0 Å². The molecule has 0 radical (unpaired) electrons. The molecular formula is C74H127NO18. The molecule has 0 aromatic carbocycles. The van der Waals surface area contributed by atoms with Gasteiger partial charge in [0.15, 0.2) is 18.9 Å². The van der Waals surface area contributed by atoms with Crippen LogP contribution in [-0.4, -0.2) is 193 Å². The van der Waals surface area contributed by atoms with Crippen LogP contribution < -0.4 is 5.32 Å². The van der Waals surface area contributed by atoms with Crippen molar-refractivity contribution in [2.24, 2.45) is 0 Å². The number of aliphatic hydroxyl groups is 11. The number of rotatable bonds is 54. The summed E-state index contributed by atoms with van der Waals surface area (Å²) in [5.41, 5.74) is 0. The second-order valence-electron chi connectivity index (χ2n) is 25.3. The number of hydrogen-bond donors (Lipinski definition) is 12. The number of aliphatic hydroxyl groups excluding tert-OH is 11. The zero-order valence-corrected chi connectivity index (χ0v) is 56.7. The van der Waals surface area contributed by atoms with Crippen LogP contribution in [0.25, 0.3) is 0 Å². The Morgan fingerprint density at radius 2 is 0.753 bits per heavy atom. The van der Waals surface area contributed by atoms with Crippen molar-refractivity contribution in [3.63, 3.8) is 0 Å². The fourth-order valence-electron chi connectivity index (χ4n) is 11.5. The Bertz CT molecular complexity index is 2060. The minimum atomic E-state index is -1.99. The fraction of sp³-hybridized carbons (Fsp3) is 0.770. The van der Waals surface area contributed by atoms with E-state index in [-0.39, 0.29) is 18.9 Å². The minimum Gasteiger partial charge on any atom is -0.394 e. The van der Waals surface area contributed by atoms with E-state index in [0.29, 0.717) is 12.8 Å². The van der Waals surface area contributed by atoms with E-state index < -0.39 is 124 Å². The van der Waals surface area contributed by atoms with E-state index in [9.17, 15) is 61.0 Å². The predicted octanol–water partition coefficient (Wildman–Crippen LogP) is 10.0. The molecular weight excluding hydrogens is 1190 g/mol. The maximum Gasteiger partial charge on any atom is 0.220 e. The van der Waals surface area contributed by atoms with Gasteiger partial charge in [-0.15, -0.1) is 0 Å². The molecule has 3 fully saturated rings. The first-order valence-corrected chi connectivity index (χ1v) is 36.0. The van der Waals surface area contributed by atoms with Crippen molar-refractivity contribution in [1.82, 2.24) is 5.32 Å². The Kier molecular flexibility index (Phi) is 49.4. The zero-order chi connectivity index (χ0) is 67.5. The van der Waals surface area contributed by atoms with E-state index >= 15 is 0 Å². The Labute approximate surface area is 558 Å². The highest BCUT2D eigenvalue weighted by Crippen LogP contribution is 2.33. The lowest BCUT2D eigenvalue weighted by Gasteiger charge is -2.48. The van der Waals surface area contributed by atoms with E-state index in [1.165, 1.54) is 109 Å². The predicted molar refractivity (Wildman–Crippen MR) is 364 cm³/mol. The molecule has 0 aliphatic carbocycles. The van der Waals surface area contributed by atoms with Crippen molar-refractivity contribution < 1.29 is 89.4 Å². The van der Waals surface area contributed by atoms with Gasteiger partial charge in [0, 0.05) is 6.42 Å². The summed E-state index contributed by atoms with van der Waals surface area (Å²) in [4.78, 5) is 13.4. The van der Waals surface area contributed by atoms with Crippen molar-refractivity contribution >= 4 is 5.91 Å². The average molecular weight is 1320 g/mol. The highest BCUT2D eigenvalue weighted by Gasteiger charge is 2.53. The van der Waals surface area contributed by atoms with Gasteiger partial charge < -0.3 is 89.9 Å². The molecule has 3 aliphatic heterocycles. The molecule has 3 rings (SSSR count). The summed E-state index contributed by atoms with van der Waals surface area (Å²) in [6.07, 6.45) is 45.2. The molecule has 0 saturated carbocycles. The van der Waals surface area contributed by atoms with Gasteiger partial charge in [-0.25, -0.2) is 0 Å². The van der Waals surface area contributed by atoms with Crippen LogP contribution in [0.5, 0.6) is 0 Å². The molecule has 93 heavy (non-hydrogen) atoms. The molecule has 3 heterocycles. The lowest BCUT2D eigenvalue weighted by molar-refractivity contribution is -0.379. The minimum absolute atomic E-state index is 0.219. The van der Waals surface area contributed by atoms with Gasteiger partial charge in [0.25, 0.3) is 0 Å². The van der Waals surface area contributed by atoms with Gasteiger partial charge in [-0.3, -0.25) is 4.79 Å². The molecule has 17 atom stereocenters. The number of ether oxygens (including phenoxy) is 6. The monoisotopic (exact) mass is 1320 g/mol. The summed E-state index contributed by atoms with van der Waals surface area (Å²) in [7, 11) is 0. The highest BCUT2D eigenvalue weighted by molar-refractivity contribution is 5.76. The summed E-state index contributed by atoms with van der Waals surface area (Å²) in [5, 5.41) is 121. The van der Waals surface area contributed by atoms with Gasteiger partial charge in [0.2, 0.25) is 5.91 Å². The molecule has 0 bridgehead atoms.